The Kier molecular flexibility index (Phi) is 3.79. The number of aliphatic hydroxyl groups is 1. The van der Waals surface area contributed by atoms with Crippen molar-refractivity contribution in [3.05, 3.63) is 0 Å². The van der Waals surface area contributed by atoms with Crippen LogP contribution >= 0.6 is 0 Å². The molecule has 0 radical (unpaired) electrons. The molecule has 0 saturated carbocycles. The molecule has 0 aromatic carbocycles. The zero-order valence-electron chi connectivity index (χ0n) is 13.5. The first-order valence-electron chi connectivity index (χ1n) is 7.35. The van der Waals surface area contributed by atoms with Crippen LogP contribution < -0.4 is 0 Å². The number of carbonyl (C=O) groups is 1. The average molecular weight is 321 g/mol. The van der Waals surface area contributed by atoms with E-state index < -0.39 is 44.3 Å². The van der Waals surface area contributed by atoms with E-state index in [4.69, 9.17) is 4.43 Å². The van der Waals surface area contributed by atoms with Gasteiger partial charge in [0.1, 0.15) is 12.1 Å². The first kappa shape index (κ1) is 16.8. The maximum atomic E-state index is 14.4. The molecule has 2 heterocycles. The highest BCUT2D eigenvalue weighted by Crippen LogP contribution is 2.47. The van der Waals surface area contributed by atoms with Gasteiger partial charge in [0.15, 0.2) is 14.4 Å². The summed E-state index contributed by atoms with van der Waals surface area (Å²) in [5.74, 6) is -4.57. The molecule has 0 bridgehead atoms. The fourth-order valence-electron chi connectivity index (χ4n) is 2.78. The van der Waals surface area contributed by atoms with E-state index in [0.717, 1.165) is 4.90 Å². The van der Waals surface area contributed by atoms with Crippen molar-refractivity contribution in [1.82, 2.24) is 4.90 Å². The van der Waals surface area contributed by atoms with Gasteiger partial charge in [-0.1, -0.05) is 27.7 Å². The number of amides is 1. The molecule has 0 aromatic heterocycles. The summed E-state index contributed by atoms with van der Waals surface area (Å²) in [6.45, 7) is 11.3. The summed E-state index contributed by atoms with van der Waals surface area (Å²) in [6, 6.07) is -1.34. The molecule has 1 N–H and O–H groups in total. The lowest BCUT2D eigenvalue weighted by molar-refractivity contribution is -0.135. The van der Waals surface area contributed by atoms with Gasteiger partial charge in [-0.25, -0.2) is 8.78 Å². The lowest BCUT2D eigenvalue weighted by Crippen LogP contribution is -2.53. The zero-order chi connectivity index (χ0) is 16.4. The fraction of sp³-hybridized carbons (Fsp3) is 0.929. The number of carbonyl (C=O) groups excluding carboxylic acids is 1. The van der Waals surface area contributed by atoms with Crippen LogP contribution in [-0.2, 0) is 9.22 Å². The molecule has 2 saturated heterocycles. The number of hydrogen-bond donors (Lipinski definition) is 1. The third kappa shape index (κ3) is 2.43. The molecule has 1 amide bonds. The molecule has 2 aliphatic heterocycles. The third-order valence-electron chi connectivity index (χ3n) is 5.25. The second kappa shape index (κ2) is 4.73. The second-order valence-corrected chi connectivity index (χ2v) is 12.6. The van der Waals surface area contributed by atoms with Crippen molar-refractivity contribution in [1.29, 1.82) is 0 Å². The molecule has 122 valence electrons. The summed E-state index contributed by atoms with van der Waals surface area (Å²) in [5.41, 5.74) is 0. The van der Waals surface area contributed by atoms with Gasteiger partial charge >= 0.3 is 0 Å². The van der Waals surface area contributed by atoms with Crippen molar-refractivity contribution in [2.24, 2.45) is 5.92 Å². The quantitative estimate of drug-likeness (QED) is 0.794. The first-order valence-corrected chi connectivity index (χ1v) is 10.3. The Labute approximate surface area is 125 Å². The summed E-state index contributed by atoms with van der Waals surface area (Å²) in [7, 11) is -2.36. The molecule has 2 rings (SSSR count). The number of rotatable bonds is 2. The largest absolute Gasteiger partial charge is 0.408 e. The van der Waals surface area contributed by atoms with Crippen molar-refractivity contribution >= 4 is 14.2 Å². The van der Waals surface area contributed by atoms with Crippen LogP contribution in [0.5, 0.6) is 0 Å². The highest BCUT2D eigenvalue weighted by Gasteiger charge is 2.66. The molecule has 4 nitrogen and oxygen atoms in total. The average Bonchev–Trinajstić information content (AvgIpc) is 2.66. The molecule has 21 heavy (non-hydrogen) atoms. The summed E-state index contributed by atoms with van der Waals surface area (Å²) < 4.78 is 34.8. The maximum Gasteiger partial charge on any atom is 0.274 e. The van der Waals surface area contributed by atoms with Crippen LogP contribution in [0.15, 0.2) is 0 Å². The molecule has 2 fully saturated rings. The number of aliphatic hydroxyl groups excluding tert-OH is 1. The van der Waals surface area contributed by atoms with Crippen LogP contribution in [0.25, 0.3) is 0 Å². The van der Waals surface area contributed by atoms with E-state index in [9.17, 15) is 18.7 Å². The molecular formula is C14H25F2NO3Si. The highest BCUT2D eigenvalue weighted by molar-refractivity contribution is 6.74. The van der Waals surface area contributed by atoms with Crippen LogP contribution in [0.2, 0.25) is 18.1 Å². The van der Waals surface area contributed by atoms with Crippen LogP contribution in [-0.4, -0.2) is 54.9 Å². The van der Waals surface area contributed by atoms with Gasteiger partial charge in [-0.05, 0) is 18.1 Å². The predicted octanol–water partition coefficient (Wildman–Crippen LogP) is 2.23. The van der Waals surface area contributed by atoms with Crippen LogP contribution in [0.4, 0.5) is 8.78 Å². The number of halogens is 2. The zero-order valence-corrected chi connectivity index (χ0v) is 14.5. The van der Waals surface area contributed by atoms with Crippen molar-refractivity contribution in [2.75, 3.05) is 6.54 Å². The summed E-state index contributed by atoms with van der Waals surface area (Å²) in [6.07, 6.45) is -2.62. The maximum absolute atomic E-state index is 14.4. The molecular weight excluding hydrogens is 296 g/mol. The van der Waals surface area contributed by atoms with Gasteiger partial charge in [0.05, 0.1) is 0 Å². The summed E-state index contributed by atoms with van der Waals surface area (Å²) >= 11 is 0. The normalized spacial score (nSPS) is 36.2. The molecule has 0 aliphatic carbocycles. The minimum absolute atomic E-state index is 0.0229. The lowest BCUT2D eigenvalue weighted by Gasteiger charge is -2.40. The SMILES string of the molecule is C[C@@H]1CN2C(=O)[C@H](O)[C@@H](O[Si](C)(C)C(C)(C)C)[C@@H]2C1(F)F. The van der Waals surface area contributed by atoms with E-state index in [1.807, 2.05) is 33.9 Å². The minimum Gasteiger partial charge on any atom is -0.408 e. The molecule has 0 spiro atoms. The number of fused-ring (bicyclic) bond motifs is 1. The Morgan fingerprint density at radius 3 is 2.38 bits per heavy atom. The van der Waals surface area contributed by atoms with Crippen molar-refractivity contribution in [3.63, 3.8) is 0 Å². The molecule has 4 atom stereocenters. The predicted molar refractivity (Wildman–Crippen MR) is 77.7 cm³/mol. The second-order valence-electron chi connectivity index (χ2n) is 7.80. The monoisotopic (exact) mass is 321 g/mol. The third-order valence-corrected chi connectivity index (χ3v) is 9.73. The van der Waals surface area contributed by atoms with Crippen molar-refractivity contribution < 1.29 is 23.1 Å². The summed E-state index contributed by atoms with van der Waals surface area (Å²) in [4.78, 5) is 13.1. The molecule has 0 aromatic rings. The Morgan fingerprint density at radius 1 is 1.38 bits per heavy atom. The van der Waals surface area contributed by atoms with E-state index >= 15 is 0 Å². The minimum atomic E-state index is -3.03. The fourth-order valence-corrected chi connectivity index (χ4v) is 4.07. The van der Waals surface area contributed by atoms with Crippen LogP contribution in [0.1, 0.15) is 27.7 Å². The van der Waals surface area contributed by atoms with E-state index in [2.05, 4.69) is 0 Å². The Hall–Kier alpha value is -0.533. The van der Waals surface area contributed by atoms with Gasteiger partial charge in [-0.3, -0.25) is 4.79 Å². The van der Waals surface area contributed by atoms with Crippen LogP contribution in [0.3, 0.4) is 0 Å². The van der Waals surface area contributed by atoms with Gasteiger partial charge in [0.25, 0.3) is 11.8 Å². The number of nitrogens with zero attached hydrogens (tertiary/aromatic N) is 1. The van der Waals surface area contributed by atoms with Gasteiger partial charge in [0, 0.05) is 12.5 Å². The lowest BCUT2D eigenvalue weighted by atomic mass is 9.97. The Morgan fingerprint density at radius 2 is 1.90 bits per heavy atom. The van der Waals surface area contributed by atoms with Crippen molar-refractivity contribution in [2.45, 2.75) is 70.0 Å². The molecule has 2 aliphatic rings. The van der Waals surface area contributed by atoms with Gasteiger partial charge in [-0.2, -0.15) is 0 Å². The van der Waals surface area contributed by atoms with Gasteiger partial charge in [0.2, 0.25) is 0 Å². The Balaban J connectivity index is 2.33. The van der Waals surface area contributed by atoms with E-state index in [-0.39, 0.29) is 11.6 Å². The smallest absolute Gasteiger partial charge is 0.274 e. The highest BCUT2D eigenvalue weighted by atomic mass is 28.4. The topological polar surface area (TPSA) is 49.8 Å². The van der Waals surface area contributed by atoms with Gasteiger partial charge < -0.3 is 14.4 Å². The summed E-state index contributed by atoms with van der Waals surface area (Å²) in [5, 5.41) is 9.91. The number of alkyl halides is 2. The van der Waals surface area contributed by atoms with Gasteiger partial charge in [-0.15, -0.1) is 0 Å². The van der Waals surface area contributed by atoms with E-state index in [1.165, 1.54) is 6.92 Å². The van der Waals surface area contributed by atoms with E-state index in [1.54, 1.807) is 0 Å². The van der Waals surface area contributed by atoms with Crippen molar-refractivity contribution in [3.8, 4) is 0 Å². The first-order chi connectivity index (χ1) is 9.30. The number of hydrogen-bond acceptors (Lipinski definition) is 3. The molecule has 0 unspecified atom stereocenters. The molecule has 7 heteroatoms. The Bertz CT molecular complexity index is 450. The van der Waals surface area contributed by atoms with Crippen LogP contribution in [0, 0.1) is 5.92 Å². The standard InChI is InChI=1S/C14H25F2NO3Si/c1-8-7-17-11(14(8,15)16)10(9(18)12(17)19)20-21(5,6)13(2,3)4/h8-11,18H,7H2,1-6H3/t8-,9-,10-,11-/m1/s1. The van der Waals surface area contributed by atoms with E-state index in [0.29, 0.717) is 0 Å².